The van der Waals surface area contributed by atoms with E-state index in [9.17, 15) is 9.59 Å². The molecule has 0 aliphatic carbocycles. The standard InChI is InChI=1S/C19H20N2O4/c1-24-17-5-2-4-15(14-17)19(23)21-11-9-20(10-12-21)18(22)8-7-16-6-3-13-25-16/h2-8,13-14H,9-12H2,1H3. The van der Waals surface area contributed by atoms with Crippen LogP contribution in [0.3, 0.4) is 0 Å². The Morgan fingerprint density at radius 3 is 2.52 bits per heavy atom. The van der Waals surface area contributed by atoms with Gasteiger partial charge in [0.1, 0.15) is 11.5 Å². The van der Waals surface area contributed by atoms with E-state index < -0.39 is 0 Å². The topological polar surface area (TPSA) is 63.0 Å². The minimum atomic E-state index is -0.0788. The Bertz CT molecular complexity index is 759. The molecule has 1 aliphatic heterocycles. The van der Waals surface area contributed by atoms with Crippen molar-refractivity contribution < 1.29 is 18.7 Å². The van der Waals surface area contributed by atoms with E-state index in [4.69, 9.17) is 9.15 Å². The molecule has 3 rings (SSSR count). The van der Waals surface area contributed by atoms with Gasteiger partial charge in [0.2, 0.25) is 5.91 Å². The van der Waals surface area contributed by atoms with Crippen molar-refractivity contribution in [3.8, 4) is 5.75 Å². The molecule has 0 atom stereocenters. The number of nitrogens with zero attached hydrogens (tertiary/aromatic N) is 2. The summed E-state index contributed by atoms with van der Waals surface area (Å²) in [6.45, 7) is 2.04. The first-order valence-corrected chi connectivity index (χ1v) is 8.11. The van der Waals surface area contributed by atoms with Gasteiger partial charge in [-0.25, -0.2) is 0 Å². The Morgan fingerprint density at radius 2 is 1.84 bits per heavy atom. The molecule has 6 heteroatoms. The van der Waals surface area contributed by atoms with Gasteiger partial charge in [-0.15, -0.1) is 0 Å². The van der Waals surface area contributed by atoms with Crippen LogP contribution in [0.15, 0.2) is 53.2 Å². The van der Waals surface area contributed by atoms with E-state index in [0.717, 1.165) is 0 Å². The summed E-state index contributed by atoms with van der Waals surface area (Å²) in [5, 5.41) is 0. The first kappa shape index (κ1) is 16.8. The third-order valence-electron chi connectivity index (χ3n) is 4.13. The number of rotatable bonds is 4. The molecular formula is C19H20N2O4. The molecule has 0 N–H and O–H groups in total. The van der Waals surface area contributed by atoms with Gasteiger partial charge in [-0.1, -0.05) is 6.07 Å². The van der Waals surface area contributed by atoms with E-state index in [1.807, 2.05) is 0 Å². The number of carbonyl (C=O) groups is 2. The summed E-state index contributed by atoms with van der Waals surface area (Å²) in [4.78, 5) is 28.3. The molecule has 130 valence electrons. The fraction of sp³-hybridized carbons (Fsp3) is 0.263. The van der Waals surface area contributed by atoms with E-state index in [0.29, 0.717) is 43.3 Å². The predicted molar refractivity (Wildman–Crippen MR) is 93.2 cm³/mol. The quantitative estimate of drug-likeness (QED) is 0.801. The SMILES string of the molecule is COc1cccc(C(=O)N2CCN(C(=O)C=Cc3ccco3)CC2)c1. The molecule has 2 heterocycles. The van der Waals surface area contributed by atoms with Crippen molar-refractivity contribution in [3.63, 3.8) is 0 Å². The summed E-state index contributed by atoms with van der Waals surface area (Å²) < 4.78 is 10.3. The van der Waals surface area contributed by atoms with Gasteiger partial charge in [0.25, 0.3) is 5.91 Å². The Hall–Kier alpha value is -3.02. The van der Waals surface area contributed by atoms with Crippen molar-refractivity contribution in [1.82, 2.24) is 9.80 Å². The summed E-state index contributed by atoms with van der Waals surface area (Å²) in [6, 6.07) is 10.7. The van der Waals surface area contributed by atoms with Crippen LogP contribution in [0.2, 0.25) is 0 Å². The summed E-state index contributed by atoms with van der Waals surface area (Å²) in [5.41, 5.74) is 0.594. The minimum Gasteiger partial charge on any atom is -0.497 e. The van der Waals surface area contributed by atoms with Crippen molar-refractivity contribution >= 4 is 17.9 Å². The molecule has 25 heavy (non-hydrogen) atoms. The summed E-state index contributed by atoms with van der Waals surface area (Å²) in [6.07, 6.45) is 4.71. The van der Waals surface area contributed by atoms with Gasteiger partial charge >= 0.3 is 0 Å². The predicted octanol–water partition coefficient (Wildman–Crippen LogP) is 2.29. The maximum Gasteiger partial charge on any atom is 0.254 e. The molecule has 0 saturated carbocycles. The molecule has 2 amide bonds. The van der Waals surface area contributed by atoms with Gasteiger partial charge < -0.3 is 19.0 Å². The lowest BCUT2D eigenvalue weighted by molar-refractivity contribution is -0.127. The summed E-state index contributed by atoms with van der Waals surface area (Å²) >= 11 is 0. The van der Waals surface area contributed by atoms with Crippen LogP contribution in [0.5, 0.6) is 5.75 Å². The Kier molecular flexibility index (Phi) is 5.18. The number of hydrogen-bond acceptors (Lipinski definition) is 4. The highest BCUT2D eigenvalue weighted by Crippen LogP contribution is 2.15. The Morgan fingerprint density at radius 1 is 1.08 bits per heavy atom. The molecule has 0 bridgehead atoms. The fourth-order valence-electron chi connectivity index (χ4n) is 2.71. The van der Waals surface area contributed by atoms with Crippen molar-refractivity contribution in [2.45, 2.75) is 0 Å². The van der Waals surface area contributed by atoms with Crippen LogP contribution in [-0.2, 0) is 4.79 Å². The van der Waals surface area contributed by atoms with E-state index >= 15 is 0 Å². The van der Waals surface area contributed by atoms with Gasteiger partial charge in [0.15, 0.2) is 0 Å². The molecule has 1 saturated heterocycles. The third-order valence-corrected chi connectivity index (χ3v) is 4.13. The van der Waals surface area contributed by atoms with Crippen LogP contribution < -0.4 is 4.74 Å². The van der Waals surface area contributed by atoms with Gasteiger partial charge in [-0.3, -0.25) is 9.59 Å². The molecule has 6 nitrogen and oxygen atoms in total. The summed E-state index contributed by atoms with van der Waals surface area (Å²) in [5.74, 6) is 1.17. The second kappa shape index (κ2) is 7.70. The third kappa shape index (κ3) is 4.09. The van der Waals surface area contributed by atoms with Crippen LogP contribution >= 0.6 is 0 Å². The lowest BCUT2D eigenvalue weighted by atomic mass is 10.1. The molecule has 2 aromatic rings. The van der Waals surface area contributed by atoms with E-state index in [1.54, 1.807) is 65.6 Å². The minimum absolute atomic E-state index is 0.0443. The largest absolute Gasteiger partial charge is 0.497 e. The zero-order valence-electron chi connectivity index (χ0n) is 14.1. The lowest BCUT2D eigenvalue weighted by Gasteiger charge is -2.34. The average Bonchev–Trinajstić information content (AvgIpc) is 3.19. The molecular weight excluding hydrogens is 320 g/mol. The number of methoxy groups -OCH3 is 1. The van der Waals surface area contributed by atoms with Crippen molar-refractivity contribution in [2.24, 2.45) is 0 Å². The van der Waals surface area contributed by atoms with Gasteiger partial charge in [-0.05, 0) is 36.4 Å². The van der Waals surface area contributed by atoms with E-state index in [-0.39, 0.29) is 11.8 Å². The lowest BCUT2D eigenvalue weighted by Crippen LogP contribution is -2.50. The van der Waals surface area contributed by atoms with Crippen LogP contribution in [0.1, 0.15) is 16.1 Å². The van der Waals surface area contributed by atoms with Crippen LogP contribution in [0.4, 0.5) is 0 Å². The number of amides is 2. The molecule has 0 unspecified atom stereocenters. The molecule has 1 aliphatic rings. The second-order valence-electron chi connectivity index (χ2n) is 5.70. The molecule has 0 spiro atoms. The highest BCUT2D eigenvalue weighted by Gasteiger charge is 2.24. The number of piperazine rings is 1. The van der Waals surface area contributed by atoms with Gasteiger partial charge in [-0.2, -0.15) is 0 Å². The maximum atomic E-state index is 12.6. The Balaban J connectivity index is 1.56. The number of ether oxygens (including phenoxy) is 1. The normalized spacial score (nSPS) is 14.8. The molecule has 0 radical (unpaired) electrons. The zero-order chi connectivity index (χ0) is 17.6. The number of hydrogen-bond donors (Lipinski definition) is 0. The van der Waals surface area contributed by atoms with E-state index in [2.05, 4.69) is 0 Å². The first-order valence-electron chi connectivity index (χ1n) is 8.11. The second-order valence-corrected chi connectivity index (χ2v) is 5.70. The molecule has 1 aromatic heterocycles. The number of furan rings is 1. The number of benzene rings is 1. The maximum absolute atomic E-state index is 12.6. The fourth-order valence-corrected chi connectivity index (χ4v) is 2.71. The van der Waals surface area contributed by atoms with Crippen molar-refractivity contribution in [3.05, 3.63) is 60.1 Å². The van der Waals surface area contributed by atoms with Crippen LogP contribution in [-0.4, -0.2) is 54.9 Å². The highest BCUT2D eigenvalue weighted by atomic mass is 16.5. The highest BCUT2D eigenvalue weighted by molar-refractivity contribution is 5.95. The smallest absolute Gasteiger partial charge is 0.254 e. The van der Waals surface area contributed by atoms with Crippen molar-refractivity contribution in [1.29, 1.82) is 0 Å². The van der Waals surface area contributed by atoms with Crippen molar-refractivity contribution in [2.75, 3.05) is 33.3 Å². The van der Waals surface area contributed by atoms with Gasteiger partial charge in [0, 0.05) is 37.8 Å². The number of carbonyl (C=O) groups excluding carboxylic acids is 2. The average molecular weight is 340 g/mol. The van der Waals surface area contributed by atoms with E-state index in [1.165, 1.54) is 6.08 Å². The zero-order valence-corrected chi connectivity index (χ0v) is 14.1. The first-order chi connectivity index (χ1) is 12.2. The van der Waals surface area contributed by atoms with Crippen LogP contribution in [0.25, 0.3) is 6.08 Å². The monoisotopic (exact) mass is 340 g/mol. The Labute approximate surface area is 146 Å². The molecule has 1 aromatic carbocycles. The summed E-state index contributed by atoms with van der Waals surface area (Å²) in [7, 11) is 1.57. The van der Waals surface area contributed by atoms with Gasteiger partial charge in [0.05, 0.1) is 13.4 Å². The van der Waals surface area contributed by atoms with Crippen LogP contribution in [0, 0.1) is 0 Å². The molecule has 1 fully saturated rings.